The van der Waals surface area contributed by atoms with E-state index in [9.17, 15) is 9.59 Å². The van der Waals surface area contributed by atoms with Crippen LogP contribution in [0.4, 0.5) is 10.5 Å². The quantitative estimate of drug-likeness (QED) is 0.890. The number of anilines is 1. The van der Waals surface area contributed by atoms with E-state index in [1.807, 2.05) is 0 Å². The van der Waals surface area contributed by atoms with E-state index < -0.39 is 12.5 Å². The van der Waals surface area contributed by atoms with Crippen LogP contribution >= 0.6 is 11.6 Å². The lowest BCUT2D eigenvalue weighted by atomic mass is 10.1. The number of benzene rings is 1. The van der Waals surface area contributed by atoms with Crippen molar-refractivity contribution in [1.29, 1.82) is 0 Å². The number of nitrogens with two attached hydrogens (primary N) is 1. The lowest BCUT2D eigenvalue weighted by Crippen LogP contribution is -2.50. The van der Waals surface area contributed by atoms with Crippen LogP contribution in [0.25, 0.3) is 0 Å². The van der Waals surface area contributed by atoms with Crippen molar-refractivity contribution in [2.24, 2.45) is 5.73 Å². The van der Waals surface area contributed by atoms with Gasteiger partial charge in [0, 0.05) is 29.8 Å². The molecule has 1 aliphatic rings. The number of hydrogen-bond acceptors (Lipinski definition) is 3. The third-order valence-electron chi connectivity index (χ3n) is 3.45. The largest absolute Gasteiger partial charge is 0.480 e. The van der Waals surface area contributed by atoms with E-state index in [2.05, 4.69) is 0 Å². The molecule has 7 heteroatoms. The SMILES string of the molecule is NC1CCN(C(=O)N(CC(=O)O)c2cccc(Cl)c2)CC1. The normalized spacial score (nSPS) is 15.8. The molecule has 0 bridgehead atoms. The summed E-state index contributed by atoms with van der Waals surface area (Å²) in [4.78, 5) is 26.5. The predicted molar refractivity (Wildman–Crippen MR) is 80.6 cm³/mol. The molecule has 0 spiro atoms. The van der Waals surface area contributed by atoms with E-state index in [1.165, 1.54) is 4.90 Å². The van der Waals surface area contributed by atoms with Crippen LogP contribution in [0.2, 0.25) is 5.02 Å². The Bertz CT molecular complexity index is 530. The van der Waals surface area contributed by atoms with Gasteiger partial charge in [0.05, 0.1) is 0 Å². The smallest absolute Gasteiger partial charge is 0.325 e. The summed E-state index contributed by atoms with van der Waals surface area (Å²) in [5, 5.41) is 9.49. The van der Waals surface area contributed by atoms with Crippen molar-refractivity contribution < 1.29 is 14.7 Å². The number of urea groups is 1. The first kappa shape index (κ1) is 15.6. The fourth-order valence-corrected chi connectivity index (χ4v) is 2.49. The van der Waals surface area contributed by atoms with Crippen LogP contribution in [0.5, 0.6) is 0 Å². The second kappa shape index (κ2) is 6.78. The summed E-state index contributed by atoms with van der Waals surface area (Å²) in [5.41, 5.74) is 6.30. The second-order valence-corrected chi connectivity index (χ2v) is 5.50. The molecule has 6 nitrogen and oxygen atoms in total. The molecule has 0 aromatic heterocycles. The molecule has 3 N–H and O–H groups in total. The van der Waals surface area contributed by atoms with Crippen LogP contribution in [0, 0.1) is 0 Å². The minimum absolute atomic E-state index is 0.105. The Kier molecular flexibility index (Phi) is 5.03. The molecular weight excluding hydrogens is 294 g/mol. The van der Waals surface area contributed by atoms with Crippen LogP contribution in [0.1, 0.15) is 12.8 Å². The zero-order valence-electron chi connectivity index (χ0n) is 11.5. The Morgan fingerprint density at radius 1 is 1.38 bits per heavy atom. The number of carboxylic acid groups (broad SMARTS) is 1. The number of amides is 2. The van der Waals surface area contributed by atoms with Crippen molar-refractivity contribution in [3.63, 3.8) is 0 Å². The van der Waals surface area contributed by atoms with Crippen LogP contribution in [-0.2, 0) is 4.79 Å². The summed E-state index contributed by atoms with van der Waals surface area (Å²) in [6, 6.07) is 6.39. The van der Waals surface area contributed by atoms with E-state index >= 15 is 0 Å². The lowest BCUT2D eigenvalue weighted by Gasteiger charge is -2.34. The highest BCUT2D eigenvalue weighted by Gasteiger charge is 2.27. The van der Waals surface area contributed by atoms with Gasteiger partial charge in [0.2, 0.25) is 0 Å². The van der Waals surface area contributed by atoms with Crippen molar-refractivity contribution in [2.45, 2.75) is 18.9 Å². The van der Waals surface area contributed by atoms with Gasteiger partial charge in [-0.15, -0.1) is 0 Å². The second-order valence-electron chi connectivity index (χ2n) is 5.07. The van der Waals surface area contributed by atoms with Gasteiger partial charge >= 0.3 is 12.0 Å². The summed E-state index contributed by atoms with van der Waals surface area (Å²) in [5.74, 6) is -1.07. The molecule has 0 radical (unpaired) electrons. The van der Waals surface area contributed by atoms with Gasteiger partial charge in [0.25, 0.3) is 0 Å². The van der Waals surface area contributed by atoms with Gasteiger partial charge in [0.15, 0.2) is 0 Å². The molecule has 114 valence electrons. The van der Waals surface area contributed by atoms with Gasteiger partial charge in [-0.3, -0.25) is 9.69 Å². The summed E-state index contributed by atoms with van der Waals surface area (Å²) >= 11 is 5.92. The van der Waals surface area contributed by atoms with Gasteiger partial charge in [-0.1, -0.05) is 17.7 Å². The van der Waals surface area contributed by atoms with Crippen LogP contribution in [0.3, 0.4) is 0 Å². The minimum atomic E-state index is -1.07. The Morgan fingerprint density at radius 3 is 2.62 bits per heavy atom. The monoisotopic (exact) mass is 311 g/mol. The van der Waals surface area contributed by atoms with Crippen LogP contribution in [-0.4, -0.2) is 47.7 Å². The van der Waals surface area contributed by atoms with Crippen molar-refractivity contribution in [1.82, 2.24) is 4.90 Å². The number of aliphatic carboxylic acids is 1. The minimum Gasteiger partial charge on any atom is -0.480 e. The molecule has 1 aromatic rings. The summed E-state index contributed by atoms with van der Waals surface area (Å²) in [6.45, 7) is 0.676. The maximum Gasteiger partial charge on any atom is 0.325 e. The fraction of sp³-hybridized carbons (Fsp3) is 0.429. The molecule has 0 aliphatic carbocycles. The fourth-order valence-electron chi connectivity index (χ4n) is 2.31. The summed E-state index contributed by atoms with van der Waals surface area (Å²) in [6.07, 6.45) is 1.45. The zero-order valence-corrected chi connectivity index (χ0v) is 12.3. The first-order chi connectivity index (χ1) is 9.97. The standard InChI is InChI=1S/C14H18ClN3O3/c15-10-2-1-3-12(8-10)18(9-13(19)20)14(21)17-6-4-11(16)5-7-17/h1-3,8,11H,4-7,9,16H2,(H,19,20). The molecule has 0 unspecified atom stereocenters. The molecule has 1 saturated heterocycles. The van der Waals surface area contributed by atoms with Crippen LogP contribution < -0.4 is 10.6 Å². The molecular formula is C14H18ClN3O3. The maximum atomic E-state index is 12.6. The average molecular weight is 312 g/mol. The molecule has 1 aromatic carbocycles. The molecule has 2 amide bonds. The van der Waals surface area contributed by atoms with Crippen molar-refractivity contribution in [2.75, 3.05) is 24.5 Å². The molecule has 1 aliphatic heterocycles. The Labute approximate surface area is 128 Å². The van der Waals surface area contributed by atoms with E-state index in [4.69, 9.17) is 22.4 Å². The lowest BCUT2D eigenvalue weighted by molar-refractivity contribution is -0.135. The Hall–Kier alpha value is -1.79. The van der Waals surface area contributed by atoms with E-state index in [-0.39, 0.29) is 12.1 Å². The number of carbonyl (C=O) groups excluding carboxylic acids is 1. The number of carboxylic acids is 1. The number of piperidine rings is 1. The van der Waals surface area contributed by atoms with Gasteiger partial charge in [-0.05, 0) is 31.0 Å². The van der Waals surface area contributed by atoms with Gasteiger partial charge in [-0.25, -0.2) is 4.79 Å². The average Bonchev–Trinajstić information content (AvgIpc) is 2.44. The van der Waals surface area contributed by atoms with E-state index in [0.717, 1.165) is 12.8 Å². The van der Waals surface area contributed by atoms with Gasteiger partial charge < -0.3 is 15.7 Å². The molecule has 0 saturated carbocycles. The van der Waals surface area contributed by atoms with Crippen molar-refractivity contribution in [3.8, 4) is 0 Å². The topological polar surface area (TPSA) is 86.9 Å². The molecule has 21 heavy (non-hydrogen) atoms. The third-order valence-corrected chi connectivity index (χ3v) is 3.69. The highest BCUT2D eigenvalue weighted by atomic mass is 35.5. The summed E-state index contributed by atoms with van der Waals surface area (Å²) < 4.78 is 0. The highest BCUT2D eigenvalue weighted by Crippen LogP contribution is 2.22. The Morgan fingerprint density at radius 2 is 2.05 bits per heavy atom. The third kappa shape index (κ3) is 4.09. The van der Waals surface area contributed by atoms with E-state index in [1.54, 1.807) is 29.2 Å². The Balaban J connectivity index is 2.19. The number of likely N-dealkylation sites (tertiary alicyclic amines) is 1. The van der Waals surface area contributed by atoms with Crippen molar-refractivity contribution >= 4 is 29.3 Å². The zero-order chi connectivity index (χ0) is 15.4. The molecule has 0 atom stereocenters. The first-order valence-corrected chi connectivity index (χ1v) is 7.14. The molecule has 1 heterocycles. The number of carbonyl (C=O) groups is 2. The molecule has 2 rings (SSSR count). The predicted octanol–water partition coefficient (Wildman–Crippen LogP) is 1.77. The van der Waals surface area contributed by atoms with Crippen LogP contribution in [0.15, 0.2) is 24.3 Å². The number of rotatable bonds is 3. The van der Waals surface area contributed by atoms with E-state index in [0.29, 0.717) is 23.8 Å². The maximum absolute atomic E-state index is 12.6. The molecule has 1 fully saturated rings. The summed E-state index contributed by atoms with van der Waals surface area (Å²) in [7, 11) is 0. The number of hydrogen-bond donors (Lipinski definition) is 2. The van der Waals surface area contributed by atoms with Gasteiger partial charge in [0.1, 0.15) is 6.54 Å². The van der Waals surface area contributed by atoms with Gasteiger partial charge in [-0.2, -0.15) is 0 Å². The van der Waals surface area contributed by atoms with Crippen molar-refractivity contribution in [3.05, 3.63) is 29.3 Å². The number of nitrogens with zero attached hydrogens (tertiary/aromatic N) is 2. The highest BCUT2D eigenvalue weighted by molar-refractivity contribution is 6.30. The number of halogens is 1. The first-order valence-electron chi connectivity index (χ1n) is 6.77.